The molecule has 1 unspecified atom stereocenters. The van der Waals surface area contributed by atoms with Crippen molar-refractivity contribution in [2.75, 3.05) is 0 Å². The Kier molecular flexibility index (Phi) is 2.52. The molecule has 0 aromatic heterocycles. The summed E-state index contributed by atoms with van der Waals surface area (Å²) in [5.41, 5.74) is 1.66. The Morgan fingerprint density at radius 1 is 1.44 bits per heavy atom. The van der Waals surface area contributed by atoms with Crippen LogP contribution in [0.3, 0.4) is 0 Å². The summed E-state index contributed by atoms with van der Waals surface area (Å²) in [5.74, 6) is 0.646. The summed E-state index contributed by atoms with van der Waals surface area (Å²) in [4.78, 5) is -0.108. The van der Waals surface area contributed by atoms with Crippen molar-refractivity contribution in [1.82, 2.24) is 0 Å². The Morgan fingerprint density at radius 2 is 2.12 bits per heavy atom. The lowest BCUT2D eigenvalue weighted by Gasteiger charge is -2.03. The molecule has 2 rings (SSSR count). The van der Waals surface area contributed by atoms with Gasteiger partial charge in [-0.05, 0) is 37.6 Å². The molecular formula is C11H12O4S. The first-order chi connectivity index (χ1) is 7.43. The van der Waals surface area contributed by atoms with Crippen molar-refractivity contribution in [2.24, 2.45) is 0 Å². The van der Waals surface area contributed by atoms with Gasteiger partial charge in [-0.3, -0.25) is 4.55 Å². The third kappa shape index (κ3) is 1.72. The van der Waals surface area contributed by atoms with E-state index in [9.17, 15) is 8.42 Å². The summed E-state index contributed by atoms with van der Waals surface area (Å²) < 4.78 is 36.5. The van der Waals surface area contributed by atoms with Crippen LogP contribution in [0.2, 0.25) is 0 Å². The van der Waals surface area contributed by atoms with E-state index in [2.05, 4.69) is 0 Å². The molecule has 1 aliphatic rings. The lowest BCUT2D eigenvalue weighted by Crippen LogP contribution is -2.04. The summed E-state index contributed by atoms with van der Waals surface area (Å²) in [6.45, 7) is 3.76. The topological polar surface area (TPSA) is 63.6 Å². The highest BCUT2D eigenvalue weighted by molar-refractivity contribution is 7.85. The molecule has 86 valence electrons. The summed E-state index contributed by atoms with van der Waals surface area (Å²) in [6.07, 6.45) is 1.79. The van der Waals surface area contributed by atoms with Crippen molar-refractivity contribution in [1.29, 1.82) is 0 Å². The fourth-order valence-electron chi connectivity index (χ4n) is 1.86. The van der Waals surface area contributed by atoms with Gasteiger partial charge < -0.3 is 4.74 Å². The Morgan fingerprint density at radius 3 is 2.69 bits per heavy atom. The second-order valence-corrected chi connectivity index (χ2v) is 5.06. The first kappa shape index (κ1) is 11.2. The zero-order chi connectivity index (χ0) is 11.9. The van der Waals surface area contributed by atoms with E-state index in [-0.39, 0.29) is 11.0 Å². The molecule has 0 saturated heterocycles. The summed E-state index contributed by atoms with van der Waals surface area (Å²) in [5, 5.41) is 0. The predicted octanol–water partition coefficient (Wildman–Crippen LogP) is 2.12. The first-order valence-electron chi connectivity index (χ1n) is 4.88. The largest absolute Gasteiger partial charge is 0.485 e. The number of hydrogen-bond donors (Lipinski definition) is 1. The van der Waals surface area contributed by atoms with Gasteiger partial charge in [0.1, 0.15) is 11.9 Å². The van der Waals surface area contributed by atoms with E-state index < -0.39 is 10.1 Å². The number of fused-ring (bicyclic) bond motifs is 1. The average molecular weight is 240 g/mol. The fraction of sp³-hybridized carbons (Fsp3) is 0.273. The molecule has 0 saturated carbocycles. The van der Waals surface area contributed by atoms with Crippen molar-refractivity contribution >= 4 is 15.7 Å². The van der Waals surface area contributed by atoms with Gasteiger partial charge in [-0.15, -0.1) is 0 Å². The van der Waals surface area contributed by atoms with E-state index in [1.807, 2.05) is 19.9 Å². The number of rotatable bonds is 1. The molecule has 1 aromatic rings. The third-order valence-electron chi connectivity index (χ3n) is 2.61. The van der Waals surface area contributed by atoms with Gasteiger partial charge in [-0.1, -0.05) is 6.08 Å². The van der Waals surface area contributed by atoms with Gasteiger partial charge in [-0.25, -0.2) is 0 Å². The van der Waals surface area contributed by atoms with Crippen LogP contribution in [0.5, 0.6) is 5.75 Å². The van der Waals surface area contributed by atoms with Gasteiger partial charge in [-0.2, -0.15) is 8.42 Å². The van der Waals surface area contributed by atoms with Gasteiger partial charge in [0, 0.05) is 5.56 Å². The van der Waals surface area contributed by atoms with E-state index >= 15 is 0 Å². The van der Waals surface area contributed by atoms with E-state index in [1.54, 1.807) is 6.07 Å². The Hall–Kier alpha value is -1.33. The highest BCUT2D eigenvalue weighted by atomic mass is 32.2. The van der Waals surface area contributed by atoms with Crippen LogP contribution in [0.1, 0.15) is 19.4 Å². The van der Waals surface area contributed by atoms with Crippen LogP contribution in [-0.2, 0) is 10.1 Å². The average Bonchev–Trinajstić information content (AvgIpc) is 2.50. The van der Waals surface area contributed by atoms with Crippen LogP contribution in [-0.4, -0.2) is 19.1 Å². The van der Waals surface area contributed by atoms with Gasteiger partial charge in [0.2, 0.25) is 0 Å². The zero-order valence-electron chi connectivity index (χ0n) is 8.97. The summed E-state index contributed by atoms with van der Waals surface area (Å²) in [6, 6.07) is 4.33. The molecule has 1 heterocycles. The molecule has 0 spiro atoms. The second-order valence-electron chi connectivity index (χ2n) is 3.64. The predicted molar refractivity (Wildman–Crippen MR) is 60.0 cm³/mol. The van der Waals surface area contributed by atoms with E-state index in [0.29, 0.717) is 5.75 Å². The molecule has 0 bridgehead atoms. The van der Waals surface area contributed by atoms with Crippen LogP contribution in [0.4, 0.5) is 0 Å². The lowest BCUT2D eigenvalue weighted by molar-refractivity contribution is 0.297. The Balaban J connectivity index is 2.61. The van der Waals surface area contributed by atoms with Crippen LogP contribution >= 0.6 is 0 Å². The van der Waals surface area contributed by atoms with Crippen molar-refractivity contribution in [3.8, 4) is 5.75 Å². The molecule has 0 radical (unpaired) electrons. The summed E-state index contributed by atoms with van der Waals surface area (Å²) >= 11 is 0. The first-order valence-corrected chi connectivity index (χ1v) is 6.32. The number of allylic oxidation sites excluding steroid dienone is 1. The maximum Gasteiger partial charge on any atom is 0.294 e. The smallest absolute Gasteiger partial charge is 0.294 e. The van der Waals surface area contributed by atoms with Crippen LogP contribution in [0, 0.1) is 0 Å². The quantitative estimate of drug-likeness (QED) is 0.764. The minimum atomic E-state index is -4.16. The minimum absolute atomic E-state index is 0.0864. The molecule has 4 nitrogen and oxygen atoms in total. The van der Waals surface area contributed by atoms with Crippen molar-refractivity contribution in [3.63, 3.8) is 0 Å². The number of hydrogen-bond acceptors (Lipinski definition) is 3. The van der Waals surface area contributed by atoms with Crippen LogP contribution in [0.25, 0.3) is 5.57 Å². The molecule has 0 aliphatic carbocycles. The molecule has 1 N–H and O–H groups in total. The standard InChI is InChI=1S/C11H12O4S/c1-3-9-7(2)15-11-5-4-8(6-10(9)11)16(12,13)14/h3-7H,1-2H3,(H,12,13,14). The molecule has 5 heteroatoms. The SMILES string of the molecule is CC=C1c2cc(S(=O)(=O)O)ccc2OC1C. The highest BCUT2D eigenvalue weighted by Crippen LogP contribution is 2.38. The highest BCUT2D eigenvalue weighted by Gasteiger charge is 2.26. The molecule has 0 fully saturated rings. The fourth-order valence-corrected chi connectivity index (χ4v) is 2.37. The van der Waals surface area contributed by atoms with Gasteiger partial charge >= 0.3 is 0 Å². The number of ether oxygens (including phenoxy) is 1. The summed E-state index contributed by atoms with van der Waals surface area (Å²) in [7, 11) is -4.16. The zero-order valence-corrected chi connectivity index (χ0v) is 9.78. The van der Waals surface area contributed by atoms with Crippen molar-refractivity contribution in [2.45, 2.75) is 24.8 Å². The second kappa shape index (κ2) is 3.61. The van der Waals surface area contributed by atoms with Gasteiger partial charge in [0.05, 0.1) is 4.90 Å². The molecule has 0 amide bonds. The molecular weight excluding hydrogens is 228 g/mol. The normalized spacial score (nSPS) is 21.9. The van der Waals surface area contributed by atoms with E-state index in [0.717, 1.165) is 11.1 Å². The molecule has 1 atom stereocenters. The van der Waals surface area contributed by atoms with Crippen LogP contribution < -0.4 is 4.74 Å². The van der Waals surface area contributed by atoms with Gasteiger partial charge in [0.15, 0.2) is 0 Å². The monoisotopic (exact) mass is 240 g/mol. The molecule has 1 aromatic carbocycles. The van der Waals surface area contributed by atoms with Crippen molar-refractivity contribution < 1.29 is 17.7 Å². The minimum Gasteiger partial charge on any atom is -0.485 e. The Labute approximate surface area is 94.3 Å². The Bertz CT molecular complexity index is 557. The van der Waals surface area contributed by atoms with Crippen molar-refractivity contribution in [3.05, 3.63) is 29.8 Å². The van der Waals surface area contributed by atoms with E-state index in [1.165, 1.54) is 12.1 Å². The van der Waals surface area contributed by atoms with Gasteiger partial charge in [0.25, 0.3) is 10.1 Å². The lowest BCUT2D eigenvalue weighted by atomic mass is 10.0. The molecule has 1 aliphatic heterocycles. The maximum absolute atomic E-state index is 11.0. The molecule has 16 heavy (non-hydrogen) atoms. The van der Waals surface area contributed by atoms with Crippen LogP contribution in [0.15, 0.2) is 29.2 Å². The van der Waals surface area contributed by atoms with E-state index in [4.69, 9.17) is 9.29 Å². The number of benzene rings is 1. The third-order valence-corrected chi connectivity index (χ3v) is 3.46. The maximum atomic E-state index is 11.0.